The van der Waals surface area contributed by atoms with Gasteiger partial charge in [0.25, 0.3) is 0 Å². The summed E-state index contributed by atoms with van der Waals surface area (Å²) in [7, 11) is 1.38. The van der Waals surface area contributed by atoms with E-state index in [1.807, 2.05) is 24.5 Å². The van der Waals surface area contributed by atoms with E-state index in [4.69, 9.17) is 4.74 Å². The number of carboxylic acid groups (broad SMARTS) is 1. The molecule has 2 atom stereocenters. The Morgan fingerprint density at radius 1 is 1.38 bits per heavy atom. The third kappa shape index (κ3) is 3.74. The van der Waals surface area contributed by atoms with Crippen molar-refractivity contribution in [3.05, 3.63) is 53.4 Å². The molecule has 0 bridgehead atoms. The summed E-state index contributed by atoms with van der Waals surface area (Å²) in [6.45, 7) is 5.56. The third-order valence-corrected chi connectivity index (χ3v) is 7.87. The topological polar surface area (TPSA) is 104 Å². The highest BCUT2D eigenvalue weighted by molar-refractivity contribution is 6.00. The van der Waals surface area contributed by atoms with E-state index < -0.39 is 28.4 Å². The largest absolute Gasteiger partial charge is 0.494 e. The van der Waals surface area contributed by atoms with Gasteiger partial charge < -0.3 is 14.4 Å². The monoisotopic (exact) mass is 506 g/mol. The minimum atomic E-state index is -0.941. The van der Waals surface area contributed by atoms with Crippen molar-refractivity contribution in [1.82, 2.24) is 14.8 Å². The molecule has 4 aromatic rings. The van der Waals surface area contributed by atoms with Crippen LogP contribution in [-0.4, -0.2) is 33.0 Å². The van der Waals surface area contributed by atoms with Gasteiger partial charge in [-0.15, -0.1) is 0 Å². The van der Waals surface area contributed by atoms with Crippen LogP contribution in [0.5, 0.6) is 5.75 Å². The molecule has 9 heteroatoms. The molecular formula is C28H28F2N4O3. The van der Waals surface area contributed by atoms with Crippen LogP contribution < -0.4 is 4.74 Å². The predicted molar refractivity (Wildman–Crippen MR) is 135 cm³/mol. The number of carbonyl (C=O) groups is 1. The summed E-state index contributed by atoms with van der Waals surface area (Å²) >= 11 is 0. The molecule has 2 aromatic heterocycles. The Hall–Kier alpha value is -3.93. The Morgan fingerprint density at radius 2 is 2.14 bits per heavy atom. The summed E-state index contributed by atoms with van der Waals surface area (Å²) in [5, 5.41) is 27.3. The average Bonchev–Trinajstić information content (AvgIpc) is 3.56. The summed E-state index contributed by atoms with van der Waals surface area (Å²) in [5.74, 6) is -2.11. The number of hydrogen-bond acceptors (Lipinski definition) is 4. The number of fused-ring (bicyclic) bond motifs is 2. The van der Waals surface area contributed by atoms with Crippen molar-refractivity contribution in [3.8, 4) is 17.5 Å². The number of aromatic amines is 1. The molecule has 2 aromatic carbocycles. The van der Waals surface area contributed by atoms with Gasteiger partial charge in [-0.1, -0.05) is 13.8 Å². The summed E-state index contributed by atoms with van der Waals surface area (Å²) < 4.78 is 37.8. The molecule has 37 heavy (non-hydrogen) atoms. The van der Waals surface area contributed by atoms with E-state index in [-0.39, 0.29) is 23.6 Å². The van der Waals surface area contributed by atoms with Gasteiger partial charge in [-0.3, -0.25) is 9.89 Å². The third-order valence-electron chi connectivity index (χ3n) is 7.87. The fourth-order valence-electron chi connectivity index (χ4n) is 5.91. The number of carboxylic acids is 1. The lowest BCUT2D eigenvalue weighted by Crippen LogP contribution is -2.25. The van der Waals surface area contributed by atoms with Crippen LogP contribution in [0.3, 0.4) is 0 Å². The molecule has 1 saturated carbocycles. The lowest BCUT2D eigenvalue weighted by atomic mass is 9.78. The van der Waals surface area contributed by atoms with E-state index in [9.17, 15) is 19.6 Å². The summed E-state index contributed by atoms with van der Waals surface area (Å²) in [6, 6.07) is 8.53. The zero-order chi connectivity index (χ0) is 26.7. The van der Waals surface area contributed by atoms with Crippen LogP contribution in [0.25, 0.3) is 27.5 Å². The zero-order valence-electron chi connectivity index (χ0n) is 21.2. The number of ether oxygens (including phenoxy) is 1. The SMILES string of the molecule is COc1cc(-n2c(C(C)(C)CC#N)c([C@@H]3CC[C@@](C)(C(=O)O)C3)c3c(F)c4[nH]ncc4cc32)ccc1F. The Bertz CT molecular complexity index is 1600. The van der Waals surface area contributed by atoms with Gasteiger partial charge in [0.2, 0.25) is 0 Å². The van der Waals surface area contributed by atoms with Crippen LogP contribution in [0, 0.1) is 28.4 Å². The smallest absolute Gasteiger partial charge is 0.309 e. The van der Waals surface area contributed by atoms with Crippen molar-refractivity contribution in [3.63, 3.8) is 0 Å². The van der Waals surface area contributed by atoms with Gasteiger partial charge in [0.05, 0.1) is 30.3 Å². The molecule has 1 aliphatic carbocycles. The number of aromatic nitrogens is 3. The van der Waals surface area contributed by atoms with Gasteiger partial charge in [-0.05, 0) is 55.9 Å². The molecular weight excluding hydrogens is 478 g/mol. The van der Waals surface area contributed by atoms with Crippen LogP contribution in [-0.2, 0) is 10.2 Å². The maximum atomic E-state index is 16.3. The molecule has 2 heterocycles. The average molecular weight is 507 g/mol. The number of hydrogen-bond donors (Lipinski definition) is 2. The minimum Gasteiger partial charge on any atom is -0.494 e. The highest BCUT2D eigenvalue weighted by Crippen LogP contribution is 2.53. The van der Waals surface area contributed by atoms with Crippen LogP contribution in [0.1, 0.15) is 63.6 Å². The van der Waals surface area contributed by atoms with Crippen molar-refractivity contribution < 1.29 is 23.4 Å². The number of nitriles is 1. The van der Waals surface area contributed by atoms with Crippen LogP contribution in [0.2, 0.25) is 0 Å². The standard InChI is InChI=1S/C28H28F2N4O3/c1-27(2,9-10-31)25-21(15-7-8-28(3,13-15)26(35)36)22-19(11-16-14-32-33-24(16)23(22)30)34(25)17-5-6-18(29)20(12-17)37-4/h5-6,11-12,14-15H,7-9,13H2,1-4H3,(H,32,33)(H,35,36)/t15-,28-/m1/s1. The van der Waals surface area contributed by atoms with E-state index in [2.05, 4.69) is 16.3 Å². The van der Waals surface area contributed by atoms with E-state index in [0.717, 1.165) is 0 Å². The van der Waals surface area contributed by atoms with Crippen LogP contribution in [0.15, 0.2) is 30.5 Å². The fraction of sp³-hybridized carbons (Fsp3) is 0.393. The highest BCUT2D eigenvalue weighted by Gasteiger charge is 2.45. The molecule has 0 radical (unpaired) electrons. The first-order chi connectivity index (χ1) is 17.5. The number of H-pyrrole nitrogens is 1. The van der Waals surface area contributed by atoms with Gasteiger partial charge in [0, 0.05) is 40.1 Å². The van der Waals surface area contributed by atoms with Gasteiger partial charge in [0.15, 0.2) is 17.4 Å². The number of rotatable bonds is 6. The lowest BCUT2D eigenvalue weighted by Gasteiger charge is -2.28. The summed E-state index contributed by atoms with van der Waals surface area (Å²) in [4.78, 5) is 12.1. The molecule has 0 saturated heterocycles. The Kier molecular flexibility index (Phi) is 5.74. The second-order valence-electron chi connectivity index (χ2n) is 10.9. The minimum absolute atomic E-state index is 0.0362. The molecule has 0 unspecified atom stereocenters. The van der Waals surface area contributed by atoms with Gasteiger partial charge in [0.1, 0.15) is 5.52 Å². The van der Waals surface area contributed by atoms with Gasteiger partial charge >= 0.3 is 5.97 Å². The molecule has 7 nitrogen and oxygen atoms in total. The van der Waals surface area contributed by atoms with E-state index in [1.165, 1.54) is 19.4 Å². The molecule has 1 aliphatic rings. The highest BCUT2D eigenvalue weighted by atomic mass is 19.1. The van der Waals surface area contributed by atoms with Gasteiger partial charge in [-0.25, -0.2) is 8.78 Å². The zero-order valence-corrected chi connectivity index (χ0v) is 21.2. The second kappa shape index (κ2) is 8.58. The number of aliphatic carboxylic acids is 1. The molecule has 0 aliphatic heterocycles. The normalized spacial score (nSPS) is 20.0. The maximum Gasteiger partial charge on any atom is 0.309 e. The van der Waals surface area contributed by atoms with E-state index >= 15 is 4.39 Å². The predicted octanol–water partition coefficient (Wildman–Crippen LogP) is 6.34. The number of methoxy groups -OCH3 is 1. The van der Waals surface area contributed by atoms with E-state index in [0.29, 0.717) is 52.5 Å². The van der Waals surface area contributed by atoms with Crippen molar-refractivity contribution >= 4 is 27.8 Å². The van der Waals surface area contributed by atoms with E-state index in [1.54, 1.807) is 19.1 Å². The van der Waals surface area contributed by atoms with Gasteiger partial charge in [-0.2, -0.15) is 10.4 Å². The Labute approximate surface area is 212 Å². The van der Waals surface area contributed by atoms with Crippen molar-refractivity contribution in [2.24, 2.45) is 5.41 Å². The van der Waals surface area contributed by atoms with Crippen molar-refractivity contribution in [2.75, 3.05) is 7.11 Å². The first-order valence-electron chi connectivity index (χ1n) is 12.2. The number of nitrogens with zero attached hydrogens (tertiary/aromatic N) is 3. The quantitative estimate of drug-likeness (QED) is 0.317. The van der Waals surface area contributed by atoms with Crippen LogP contribution in [0.4, 0.5) is 8.78 Å². The fourth-order valence-corrected chi connectivity index (χ4v) is 5.91. The van der Waals surface area contributed by atoms with Crippen molar-refractivity contribution in [1.29, 1.82) is 5.26 Å². The molecule has 2 N–H and O–H groups in total. The van der Waals surface area contributed by atoms with Crippen LogP contribution >= 0.6 is 0 Å². The Morgan fingerprint density at radius 3 is 2.78 bits per heavy atom. The first kappa shape index (κ1) is 24.8. The number of nitrogens with one attached hydrogen (secondary N) is 1. The Balaban J connectivity index is 1.94. The molecule has 0 amide bonds. The molecule has 0 spiro atoms. The number of benzene rings is 2. The second-order valence-corrected chi connectivity index (χ2v) is 10.9. The molecule has 192 valence electrons. The number of halogens is 2. The summed E-state index contributed by atoms with van der Waals surface area (Å²) in [5.41, 5.74) is 1.06. The first-order valence-corrected chi connectivity index (χ1v) is 12.2. The summed E-state index contributed by atoms with van der Waals surface area (Å²) in [6.07, 6.45) is 3.03. The molecule has 1 fully saturated rings. The maximum absolute atomic E-state index is 16.3. The lowest BCUT2D eigenvalue weighted by molar-refractivity contribution is -0.147. The molecule has 5 rings (SSSR count). The van der Waals surface area contributed by atoms with Crippen molar-refractivity contribution in [2.45, 2.75) is 57.8 Å².